The smallest absolute Gasteiger partial charge is 0.220 e. The van der Waals surface area contributed by atoms with Crippen LogP contribution in [0.15, 0.2) is 36.7 Å². The molecule has 2 aromatic heterocycles. The SMILES string of the molecule is Cc1[nH]nc(-c2ccncc2)c1-c1cc(F)c(N2CCC3(CCC(=O)NC3)CC2)c(F)c1. The van der Waals surface area contributed by atoms with Crippen molar-refractivity contribution in [2.75, 3.05) is 24.5 Å². The fraction of sp³-hybridized carbons (Fsp3) is 0.375. The standard InChI is InChI=1S/C24H25F2N5O/c1-15-21(22(30-29-15)16-3-8-27-9-4-16)17-12-18(25)23(19(26)13-17)31-10-6-24(7-11-31)5-2-20(32)28-14-24/h3-4,8-9,12-13H,2,5-7,10-11,14H2,1H3,(H,28,32)(H,29,30). The second-order valence-corrected chi connectivity index (χ2v) is 8.86. The lowest BCUT2D eigenvalue weighted by Gasteiger charge is -2.44. The molecule has 5 rings (SSSR count). The van der Waals surface area contributed by atoms with Gasteiger partial charge in [-0.2, -0.15) is 5.10 Å². The first-order valence-electron chi connectivity index (χ1n) is 10.9. The minimum absolute atomic E-state index is 0.0232. The third-order valence-corrected chi connectivity index (χ3v) is 6.89. The van der Waals surface area contributed by atoms with E-state index < -0.39 is 11.6 Å². The van der Waals surface area contributed by atoms with E-state index in [9.17, 15) is 4.79 Å². The Morgan fingerprint density at radius 3 is 2.34 bits per heavy atom. The summed E-state index contributed by atoms with van der Waals surface area (Å²) in [4.78, 5) is 17.3. The molecule has 1 aromatic carbocycles. The van der Waals surface area contributed by atoms with Gasteiger partial charge < -0.3 is 10.2 Å². The predicted octanol–water partition coefficient (Wildman–Crippen LogP) is 4.22. The highest BCUT2D eigenvalue weighted by molar-refractivity contribution is 5.83. The van der Waals surface area contributed by atoms with Crippen molar-refractivity contribution in [3.05, 3.63) is 54.0 Å². The lowest BCUT2D eigenvalue weighted by Crippen LogP contribution is -2.50. The van der Waals surface area contributed by atoms with E-state index >= 15 is 8.78 Å². The lowest BCUT2D eigenvalue weighted by atomic mass is 9.73. The number of anilines is 1. The fourth-order valence-electron chi connectivity index (χ4n) is 4.99. The van der Waals surface area contributed by atoms with Crippen LogP contribution in [0.2, 0.25) is 0 Å². The van der Waals surface area contributed by atoms with Crippen LogP contribution in [0.25, 0.3) is 22.4 Å². The monoisotopic (exact) mass is 437 g/mol. The van der Waals surface area contributed by atoms with Crippen molar-refractivity contribution in [3.63, 3.8) is 0 Å². The Balaban J connectivity index is 1.42. The summed E-state index contributed by atoms with van der Waals surface area (Å²) in [6.07, 6.45) is 6.31. The molecule has 2 N–H and O–H groups in total. The number of halogens is 2. The maximum atomic E-state index is 15.3. The molecule has 3 aromatic rings. The molecule has 0 bridgehead atoms. The highest BCUT2D eigenvalue weighted by Gasteiger charge is 2.38. The number of nitrogens with zero attached hydrogens (tertiary/aromatic N) is 3. The second-order valence-electron chi connectivity index (χ2n) is 8.86. The molecule has 0 atom stereocenters. The van der Waals surface area contributed by atoms with Crippen molar-refractivity contribution in [1.29, 1.82) is 0 Å². The summed E-state index contributed by atoms with van der Waals surface area (Å²) < 4.78 is 30.5. The van der Waals surface area contributed by atoms with Gasteiger partial charge in [-0.3, -0.25) is 14.9 Å². The largest absolute Gasteiger partial charge is 0.367 e. The van der Waals surface area contributed by atoms with Crippen LogP contribution >= 0.6 is 0 Å². The number of aromatic amines is 1. The number of pyridine rings is 1. The van der Waals surface area contributed by atoms with Crippen LogP contribution in [0, 0.1) is 24.0 Å². The van der Waals surface area contributed by atoms with E-state index in [-0.39, 0.29) is 17.0 Å². The number of H-pyrrole nitrogens is 1. The number of piperidine rings is 2. The third-order valence-electron chi connectivity index (χ3n) is 6.89. The molecule has 6 nitrogen and oxygen atoms in total. The van der Waals surface area contributed by atoms with Crippen LogP contribution in [0.4, 0.5) is 14.5 Å². The van der Waals surface area contributed by atoms with Crippen molar-refractivity contribution in [2.45, 2.75) is 32.6 Å². The van der Waals surface area contributed by atoms with Crippen LogP contribution in [0.5, 0.6) is 0 Å². The number of carbonyl (C=O) groups excluding carboxylic acids is 1. The number of aromatic nitrogens is 3. The summed E-state index contributed by atoms with van der Waals surface area (Å²) in [5.74, 6) is -1.06. The maximum Gasteiger partial charge on any atom is 0.220 e. The molecule has 0 saturated carbocycles. The topological polar surface area (TPSA) is 73.9 Å². The van der Waals surface area contributed by atoms with E-state index in [1.54, 1.807) is 17.3 Å². The van der Waals surface area contributed by atoms with E-state index in [1.165, 1.54) is 12.1 Å². The van der Waals surface area contributed by atoms with Gasteiger partial charge in [-0.05, 0) is 61.4 Å². The van der Waals surface area contributed by atoms with E-state index in [2.05, 4.69) is 20.5 Å². The first-order chi connectivity index (χ1) is 15.5. The van der Waals surface area contributed by atoms with Gasteiger partial charge in [-0.25, -0.2) is 8.78 Å². The third kappa shape index (κ3) is 3.63. The van der Waals surface area contributed by atoms with E-state index in [0.717, 1.165) is 30.5 Å². The molecular weight excluding hydrogens is 412 g/mol. The van der Waals surface area contributed by atoms with Crippen LogP contribution in [-0.2, 0) is 4.79 Å². The van der Waals surface area contributed by atoms with Crippen LogP contribution < -0.4 is 10.2 Å². The number of benzene rings is 1. The van der Waals surface area contributed by atoms with Crippen molar-refractivity contribution >= 4 is 11.6 Å². The summed E-state index contributed by atoms with van der Waals surface area (Å²) in [6.45, 7) is 3.62. The van der Waals surface area contributed by atoms with Gasteiger partial charge in [0.25, 0.3) is 0 Å². The van der Waals surface area contributed by atoms with Gasteiger partial charge in [-0.1, -0.05) is 0 Å². The molecule has 2 saturated heterocycles. The normalized spacial score (nSPS) is 18.1. The molecule has 4 heterocycles. The van der Waals surface area contributed by atoms with Crippen molar-refractivity contribution in [3.8, 4) is 22.4 Å². The van der Waals surface area contributed by atoms with E-state index in [0.29, 0.717) is 42.9 Å². The highest BCUT2D eigenvalue weighted by atomic mass is 19.1. The first kappa shape index (κ1) is 20.6. The summed E-state index contributed by atoms with van der Waals surface area (Å²) >= 11 is 0. The average Bonchev–Trinajstić information content (AvgIpc) is 3.19. The minimum atomic E-state index is -0.575. The molecule has 0 unspecified atom stereocenters. The number of rotatable bonds is 3. The summed E-state index contributed by atoms with van der Waals surface area (Å²) in [5, 5.41) is 10.2. The fourth-order valence-corrected chi connectivity index (χ4v) is 4.99. The molecule has 0 radical (unpaired) electrons. The van der Waals surface area contributed by atoms with Crippen LogP contribution in [-0.4, -0.2) is 40.7 Å². The Morgan fingerprint density at radius 1 is 1.03 bits per heavy atom. The Hall–Kier alpha value is -3.29. The van der Waals surface area contributed by atoms with E-state index in [4.69, 9.17) is 0 Å². The molecule has 2 aliphatic heterocycles. The number of amides is 1. The Labute approximate surface area is 185 Å². The molecule has 1 amide bonds. The van der Waals surface area contributed by atoms with Gasteiger partial charge in [-0.15, -0.1) is 0 Å². The highest BCUT2D eigenvalue weighted by Crippen LogP contribution is 2.41. The average molecular weight is 437 g/mol. The van der Waals surface area contributed by atoms with Gasteiger partial charge in [0.05, 0.1) is 0 Å². The Kier molecular flexibility index (Phi) is 5.15. The summed E-state index contributed by atoms with van der Waals surface area (Å²) in [5.41, 5.74) is 3.39. The van der Waals surface area contributed by atoms with Crippen molar-refractivity contribution in [2.24, 2.45) is 5.41 Å². The number of hydrogen-bond donors (Lipinski definition) is 2. The van der Waals surface area contributed by atoms with Gasteiger partial charge in [0, 0.05) is 55.3 Å². The van der Waals surface area contributed by atoms with Crippen LogP contribution in [0.1, 0.15) is 31.4 Å². The second kappa shape index (κ2) is 8.00. The first-order valence-corrected chi connectivity index (χ1v) is 10.9. The quantitative estimate of drug-likeness (QED) is 0.643. The number of nitrogens with one attached hydrogen (secondary N) is 2. The molecule has 2 aliphatic rings. The molecule has 2 fully saturated rings. The Morgan fingerprint density at radius 2 is 1.72 bits per heavy atom. The van der Waals surface area contributed by atoms with Crippen LogP contribution in [0.3, 0.4) is 0 Å². The van der Waals surface area contributed by atoms with Gasteiger partial charge in [0.15, 0.2) is 0 Å². The zero-order chi connectivity index (χ0) is 22.3. The number of aryl methyl sites for hydroxylation is 1. The lowest BCUT2D eigenvalue weighted by molar-refractivity contribution is -0.124. The minimum Gasteiger partial charge on any atom is -0.367 e. The zero-order valence-corrected chi connectivity index (χ0v) is 17.9. The van der Waals surface area contributed by atoms with Gasteiger partial charge in [0.1, 0.15) is 23.0 Å². The molecule has 8 heteroatoms. The van der Waals surface area contributed by atoms with Gasteiger partial charge >= 0.3 is 0 Å². The number of carbonyl (C=O) groups is 1. The summed E-state index contributed by atoms with van der Waals surface area (Å²) in [6, 6.07) is 6.42. The molecule has 32 heavy (non-hydrogen) atoms. The molecular formula is C24H25F2N5O. The molecule has 166 valence electrons. The summed E-state index contributed by atoms with van der Waals surface area (Å²) in [7, 11) is 0. The maximum absolute atomic E-state index is 15.3. The van der Waals surface area contributed by atoms with Gasteiger partial charge in [0.2, 0.25) is 5.91 Å². The van der Waals surface area contributed by atoms with Crippen molar-refractivity contribution in [1.82, 2.24) is 20.5 Å². The van der Waals surface area contributed by atoms with Crippen molar-refractivity contribution < 1.29 is 13.6 Å². The Bertz CT molecular complexity index is 1120. The molecule has 1 spiro atoms. The van der Waals surface area contributed by atoms with E-state index in [1.807, 2.05) is 19.1 Å². The predicted molar refractivity (Wildman–Crippen MR) is 118 cm³/mol. The molecule has 0 aliphatic carbocycles. The number of hydrogen-bond acceptors (Lipinski definition) is 4. The zero-order valence-electron chi connectivity index (χ0n) is 17.9.